The molecule has 262 valence electrons. The molecule has 0 bridgehead atoms. The number of thiophene rings is 1. The van der Waals surface area contributed by atoms with Gasteiger partial charge in [-0.05, 0) is 30.3 Å². The first-order valence-electron chi connectivity index (χ1n) is 18.3. The van der Waals surface area contributed by atoms with Crippen molar-refractivity contribution in [1.82, 2.24) is 29.9 Å². The van der Waals surface area contributed by atoms with E-state index in [4.69, 9.17) is 34.3 Å². The highest BCUT2D eigenvalue weighted by atomic mass is 32.1. The number of hydrogen-bond donors (Lipinski definition) is 0. The average molecular weight is 737 g/mol. The predicted octanol–water partition coefficient (Wildman–Crippen LogP) is 12.3. The Hall–Kier alpha value is -7.42. The van der Waals surface area contributed by atoms with E-state index in [1.807, 2.05) is 115 Å². The molecule has 7 nitrogen and oxygen atoms in total. The molecule has 0 aliphatic heterocycles. The molecule has 0 amide bonds. The highest BCUT2D eigenvalue weighted by molar-refractivity contribution is 7.26. The van der Waals surface area contributed by atoms with Crippen LogP contribution in [-0.4, -0.2) is 29.9 Å². The molecule has 8 heteroatoms. The van der Waals surface area contributed by atoms with Gasteiger partial charge in [-0.25, -0.2) is 29.9 Å². The van der Waals surface area contributed by atoms with Crippen molar-refractivity contribution < 1.29 is 4.42 Å². The molecule has 0 aliphatic carbocycles. The molecule has 0 N–H and O–H groups in total. The minimum atomic E-state index is 0.562. The molecule has 0 saturated heterocycles. The summed E-state index contributed by atoms with van der Waals surface area (Å²) in [5, 5.41) is 4.29. The van der Waals surface area contributed by atoms with Gasteiger partial charge < -0.3 is 4.42 Å². The number of hydrogen-bond acceptors (Lipinski definition) is 8. The molecule has 4 aromatic heterocycles. The van der Waals surface area contributed by atoms with E-state index in [2.05, 4.69) is 54.6 Å². The molecule has 0 fully saturated rings. The van der Waals surface area contributed by atoms with E-state index in [0.29, 0.717) is 40.5 Å². The Morgan fingerprint density at radius 1 is 0.339 bits per heavy atom. The van der Waals surface area contributed by atoms with E-state index >= 15 is 0 Å². The lowest BCUT2D eigenvalue weighted by Crippen LogP contribution is -2.00. The Labute approximate surface area is 324 Å². The van der Waals surface area contributed by atoms with Crippen molar-refractivity contribution in [3.8, 4) is 68.3 Å². The molecular weight excluding hydrogens is 709 g/mol. The normalized spacial score (nSPS) is 11.6. The Morgan fingerprint density at radius 3 is 1.48 bits per heavy atom. The van der Waals surface area contributed by atoms with Gasteiger partial charge >= 0.3 is 0 Å². The smallest absolute Gasteiger partial charge is 0.165 e. The lowest BCUT2D eigenvalue weighted by atomic mass is 10.0. The maximum atomic E-state index is 6.59. The van der Waals surface area contributed by atoms with Crippen LogP contribution in [0.3, 0.4) is 0 Å². The Morgan fingerprint density at radius 2 is 0.839 bits per heavy atom. The van der Waals surface area contributed by atoms with E-state index in [1.54, 1.807) is 11.3 Å². The highest BCUT2D eigenvalue weighted by Gasteiger charge is 2.20. The molecule has 11 aromatic rings. The van der Waals surface area contributed by atoms with Crippen LogP contribution >= 0.6 is 11.3 Å². The maximum absolute atomic E-state index is 6.59. The molecule has 7 aromatic carbocycles. The molecule has 4 heterocycles. The molecule has 0 saturated carbocycles. The number of rotatable bonds is 6. The minimum absolute atomic E-state index is 0.562. The standard InChI is InChI=1S/C48H28N6OS/c1-4-14-29(15-5-1)43-49-44(30-16-6-2-7-17-30)52-47(51-43)36-22-13-24-38-41(36)35-27-26-32(28-39(35)55-38)46-50-45(31-18-8-3-9-19-31)53-48(54-46)37-23-12-21-34-33-20-10-11-25-40(33)56-42(34)37/h1-28H. The van der Waals surface area contributed by atoms with E-state index in [-0.39, 0.29) is 0 Å². The zero-order valence-corrected chi connectivity index (χ0v) is 30.5. The second-order valence-electron chi connectivity index (χ2n) is 13.5. The third-order valence-electron chi connectivity index (χ3n) is 10.0. The van der Waals surface area contributed by atoms with Gasteiger partial charge in [0.1, 0.15) is 11.2 Å². The number of aromatic nitrogens is 6. The van der Waals surface area contributed by atoms with Crippen molar-refractivity contribution in [3.63, 3.8) is 0 Å². The molecule has 0 atom stereocenters. The molecule has 0 spiro atoms. The summed E-state index contributed by atoms with van der Waals surface area (Å²) in [6.07, 6.45) is 0. The van der Waals surface area contributed by atoms with Crippen molar-refractivity contribution in [1.29, 1.82) is 0 Å². The van der Waals surface area contributed by atoms with Gasteiger partial charge in [-0.1, -0.05) is 140 Å². The van der Waals surface area contributed by atoms with Gasteiger partial charge in [0.15, 0.2) is 34.9 Å². The zero-order chi connectivity index (χ0) is 37.0. The lowest BCUT2D eigenvalue weighted by molar-refractivity contribution is 0.669. The Bertz CT molecular complexity index is 3200. The van der Waals surface area contributed by atoms with Crippen molar-refractivity contribution >= 4 is 53.4 Å². The van der Waals surface area contributed by atoms with Crippen LogP contribution in [0.2, 0.25) is 0 Å². The lowest BCUT2D eigenvalue weighted by Gasteiger charge is -2.09. The molecule has 0 radical (unpaired) electrons. The average Bonchev–Trinajstić information content (AvgIpc) is 3.85. The monoisotopic (exact) mass is 736 g/mol. The van der Waals surface area contributed by atoms with Crippen LogP contribution in [0, 0.1) is 0 Å². The minimum Gasteiger partial charge on any atom is -0.456 e. The second-order valence-corrected chi connectivity index (χ2v) is 14.5. The SMILES string of the molecule is c1ccc(-c2nc(-c3ccc4c(c3)oc3cccc(-c5nc(-c6ccccc6)nc(-c6ccccc6)n5)c34)nc(-c3cccc4c3sc3ccccc34)n2)cc1. The summed E-state index contributed by atoms with van der Waals surface area (Å²) in [6.45, 7) is 0. The summed E-state index contributed by atoms with van der Waals surface area (Å²) in [4.78, 5) is 30.2. The fraction of sp³-hybridized carbons (Fsp3) is 0. The molecule has 0 aliphatic rings. The highest BCUT2D eigenvalue weighted by Crippen LogP contribution is 2.41. The van der Waals surface area contributed by atoms with E-state index < -0.39 is 0 Å². The van der Waals surface area contributed by atoms with Crippen molar-refractivity contribution in [2.45, 2.75) is 0 Å². The van der Waals surface area contributed by atoms with Crippen molar-refractivity contribution in [2.75, 3.05) is 0 Å². The van der Waals surface area contributed by atoms with Crippen LogP contribution in [0.15, 0.2) is 174 Å². The summed E-state index contributed by atoms with van der Waals surface area (Å²) in [5.74, 6) is 3.57. The van der Waals surface area contributed by atoms with Crippen molar-refractivity contribution in [3.05, 3.63) is 170 Å². The summed E-state index contributed by atoms with van der Waals surface area (Å²) in [7, 11) is 0. The first-order chi connectivity index (χ1) is 27.7. The fourth-order valence-electron chi connectivity index (χ4n) is 7.35. The molecular formula is C48H28N6OS. The first-order valence-corrected chi connectivity index (χ1v) is 19.1. The van der Waals surface area contributed by atoms with Crippen LogP contribution in [-0.2, 0) is 0 Å². The van der Waals surface area contributed by atoms with Crippen molar-refractivity contribution in [2.24, 2.45) is 0 Å². The number of nitrogens with zero attached hydrogens (tertiary/aromatic N) is 6. The Kier molecular flexibility index (Phi) is 7.53. The summed E-state index contributed by atoms with van der Waals surface area (Å²) < 4.78 is 8.96. The van der Waals surface area contributed by atoms with Gasteiger partial charge in [0.25, 0.3) is 0 Å². The van der Waals surface area contributed by atoms with Gasteiger partial charge in [0.2, 0.25) is 0 Å². The van der Waals surface area contributed by atoms with Gasteiger partial charge in [0, 0.05) is 64.3 Å². The van der Waals surface area contributed by atoms with Crippen LogP contribution < -0.4 is 0 Å². The van der Waals surface area contributed by atoms with Crippen LogP contribution in [0.25, 0.3) is 110 Å². The largest absolute Gasteiger partial charge is 0.456 e. The zero-order valence-electron chi connectivity index (χ0n) is 29.7. The summed E-state index contributed by atoms with van der Waals surface area (Å²) in [5.41, 5.74) is 6.83. The first kappa shape index (κ1) is 32.0. The Balaban J connectivity index is 1.08. The van der Waals surface area contributed by atoms with Gasteiger partial charge in [-0.3, -0.25) is 0 Å². The third-order valence-corrected chi connectivity index (χ3v) is 11.2. The number of fused-ring (bicyclic) bond motifs is 6. The van der Waals surface area contributed by atoms with Gasteiger partial charge in [-0.2, -0.15) is 0 Å². The second kappa shape index (κ2) is 13.2. The molecule has 0 unspecified atom stereocenters. The molecule has 56 heavy (non-hydrogen) atoms. The third kappa shape index (κ3) is 5.51. The number of benzene rings is 7. The summed E-state index contributed by atoms with van der Waals surface area (Å²) in [6, 6.07) is 57.1. The maximum Gasteiger partial charge on any atom is 0.165 e. The van der Waals surface area contributed by atoms with E-state index in [9.17, 15) is 0 Å². The number of furan rings is 1. The fourth-order valence-corrected chi connectivity index (χ4v) is 8.56. The quantitative estimate of drug-likeness (QED) is 0.168. The van der Waals surface area contributed by atoms with E-state index in [1.165, 1.54) is 15.5 Å². The van der Waals surface area contributed by atoms with Crippen LogP contribution in [0.4, 0.5) is 0 Å². The topological polar surface area (TPSA) is 90.5 Å². The van der Waals surface area contributed by atoms with Crippen LogP contribution in [0.5, 0.6) is 0 Å². The van der Waals surface area contributed by atoms with Crippen LogP contribution in [0.1, 0.15) is 0 Å². The molecule has 11 rings (SSSR count). The van der Waals surface area contributed by atoms with E-state index in [0.717, 1.165) is 54.4 Å². The summed E-state index contributed by atoms with van der Waals surface area (Å²) >= 11 is 1.76. The van der Waals surface area contributed by atoms with Gasteiger partial charge in [0.05, 0.1) is 0 Å². The van der Waals surface area contributed by atoms with Gasteiger partial charge in [-0.15, -0.1) is 11.3 Å². The predicted molar refractivity (Wildman–Crippen MR) is 226 cm³/mol.